The molecule has 1 amide bonds. The second-order valence-corrected chi connectivity index (χ2v) is 5.82. The van der Waals surface area contributed by atoms with Crippen LogP contribution < -0.4 is 5.73 Å². The Labute approximate surface area is 118 Å². The first-order valence-corrected chi connectivity index (χ1v) is 7.00. The lowest BCUT2D eigenvalue weighted by Gasteiger charge is -2.39. The van der Waals surface area contributed by atoms with Gasteiger partial charge in [-0.1, -0.05) is 0 Å². The second kappa shape index (κ2) is 6.07. The van der Waals surface area contributed by atoms with Crippen molar-refractivity contribution in [3.63, 3.8) is 0 Å². The fraction of sp³-hybridized carbons (Fsp3) is 0.846. The lowest BCUT2D eigenvalue weighted by molar-refractivity contribution is -0.144. The van der Waals surface area contributed by atoms with Crippen LogP contribution in [0.1, 0.15) is 13.3 Å². The maximum absolute atomic E-state index is 12.6. The lowest BCUT2D eigenvalue weighted by atomic mass is 9.84. The van der Waals surface area contributed by atoms with Gasteiger partial charge in [-0.3, -0.25) is 14.5 Å². The molecule has 0 aliphatic carbocycles. The average molecular weight is 285 g/mol. The molecule has 0 saturated carbocycles. The lowest BCUT2D eigenvalue weighted by Crippen LogP contribution is -2.56. The summed E-state index contributed by atoms with van der Waals surface area (Å²) >= 11 is 0. The number of hydrogen-bond acceptors (Lipinski definition) is 5. The maximum atomic E-state index is 12.6. The molecule has 2 heterocycles. The zero-order valence-corrected chi connectivity index (χ0v) is 11.9. The van der Waals surface area contributed by atoms with Crippen molar-refractivity contribution in [2.45, 2.75) is 19.4 Å². The van der Waals surface area contributed by atoms with Crippen molar-refractivity contribution in [3.8, 4) is 0 Å². The molecular weight excluding hydrogens is 262 g/mol. The Morgan fingerprint density at radius 2 is 2.00 bits per heavy atom. The summed E-state index contributed by atoms with van der Waals surface area (Å²) in [4.78, 5) is 27.0. The molecular formula is C13H23N3O4. The highest BCUT2D eigenvalue weighted by Gasteiger charge is 2.46. The molecule has 2 aliphatic heterocycles. The third kappa shape index (κ3) is 3.11. The van der Waals surface area contributed by atoms with Crippen molar-refractivity contribution < 1.29 is 19.4 Å². The fourth-order valence-electron chi connectivity index (χ4n) is 2.70. The van der Waals surface area contributed by atoms with Gasteiger partial charge in [-0.25, -0.2) is 0 Å². The van der Waals surface area contributed by atoms with Crippen molar-refractivity contribution in [1.82, 2.24) is 9.80 Å². The molecule has 3 N–H and O–H groups in total. The van der Waals surface area contributed by atoms with Crippen LogP contribution in [0.3, 0.4) is 0 Å². The molecule has 2 atom stereocenters. The minimum atomic E-state index is -0.787. The van der Waals surface area contributed by atoms with Gasteiger partial charge in [0.05, 0.1) is 25.0 Å². The number of nitrogens with zero attached hydrogens (tertiary/aromatic N) is 2. The zero-order chi connectivity index (χ0) is 14.8. The van der Waals surface area contributed by atoms with Gasteiger partial charge in [0, 0.05) is 38.8 Å². The molecule has 2 unspecified atom stereocenters. The van der Waals surface area contributed by atoms with Gasteiger partial charge in [-0.05, 0) is 6.92 Å². The van der Waals surface area contributed by atoms with Crippen LogP contribution in [0.4, 0.5) is 0 Å². The molecule has 20 heavy (non-hydrogen) atoms. The number of carboxylic acids is 1. The van der Waals surface area contributed by atoms with E-state index >= 15 is 0 Å². The molecule has 0 bridgehead atoms. The highest BCUT2D eigenvalue weighted by atomic mass is 16.5. The number of amides is 1. The standard InChI is InChI=1S/C13H23N3O4/c1-13(9-20-8-10(13)14)12(19)16-6-4-15(5-7-16)3-2-11(17)18/h10H,2-9,14H2,1H3,(H,17,18). The number of rotatable bonds is 4. The van der Waals surface area contributed by atoms with Crippen molar-refractivity contribution in [2.24, 2.45) is 11.1 Å². The van der Waals surface area contributed by atoms with Crippen LogP contribution in [-0.4, -0.2) is 78.8 Å². The van der Waals surface area contributed by atoms with Crippen molar-refractivity contribution >= 4 is 11.9 Å². The van der Waals surface area contributed by atoms with Crippen LogP contribution in [0.5, 0.6) is 0 Å². The van der Waals surface area contributed by atoms with Crippen LogP contribution in [0.25, 0.3) is 0 Å². The fourth-order valence-corrected chi connectivity index (χ4v) is 2.70. The Morgan fingerprint density at radius 3 is 2.50 bits per heavy atom. The van der Waals surface area contributed by atoms with Crippen LogP contribution in [0.2, 0.25) is 0 Å². The highest BCUT2D eigenvalue weighted by molar-refractivity contribution is 5.83. The molecule has 114 valence electrons. The summed E-state index contributed by atoms with van der Waals surface area (Å²) in [6.07, 6.45) is 0.143. The average Bonchev–Trinajstić information content (AvgIpc) is 2.77. The number of carbonyl (C=O) groups excluding carboxylic acids is 1. The normalized spacial score (nSPS) is 31.5. The number of ether oxygens (including phenoxy) is 1. The quantitative estimate of drug-likeness (QED) is 0.685. The van der Waals surface area contributed by atoms with Gasteiger partial charge in [0.1, 0.15) is 0 Å². The summed E-state index contributed by atoms with van der Waals surface area (Å²) in [7, 11) is 0. The number of carboxylic acid groups (broad SMARTS) is 1. The van der Waals surface area contributed by atoms with E-state index < -0.39 is 11.4 Å². The van der Waals surface area contributed by atoms with Crippen molar-refractivity contribution in [2.75, 3.05) is 45.9 Å². The largest absolute Gasteiger partial charge is 0.481 e. The number of hydrogen-bond donors (Lipinski definition) is 2. The summed E-state index contributed by atoms with van der Waals surface area (Å²) in [6, 6.07) is -0.250. The molecule has 2 saturated heterocycles. The third-order valence-corrected chi connectivity index (χ3v) is 4.31. The summed E-state index contributed by atoms with van der Waals surface area (Å²) in [6.45, 7) is 5.89. The number of aliphatic carboxylic acids is 1. The van der Waals surface area contributed by atoms with Gasteiger partial charge in [-0.2, -0.15) is 0 Å². The number of piperazine rings is 1. The van der Waals surface area contributed by atoms with Crippen LogP contribution in [0, 0.1) is 5.41 Å². The van der Waals surface area contributed by atoms with E-state index in [4.69, 9.17) is 15.6 Å². The van der Waals surface area contributed by atoms with E-state index in [9.17, 15) is 9.59 Å². The minimum absolute atomic E-state index is 0.0559. The van der Waals surface area contributed by atoms with E-state index in [1.54, 1.807) is 0 Å². The molecule has 2 fully saturated rings. The first-order valence-electron chi connectivity index (χ1n) is 7.00. The summed E-state index contributed by atoms with van der Waals surface area (Å²) in [5.74, 6) is -0.731. The predicted molar refractivity (Wildman–Crippen MR) is 72.2 cm³/mol. The van der Waals surface area contributed by atoms with E-state index in [1.807, 2.05) is 11.8 Å². The van der Waals surface area contributed by atoms with Crippen LogP contribution >= 0.6 is 0 Å². The van der Waals surface area contributed by atoms with E-state index in [1.165, 1.54) is 0 Å². The van der Waals surface area contributed by atoms with Gasteiger partial charge in [-0.15, -0.1) is 0 Å². The van der Waals surface area contributed by atoms with Gasteiger partial charge in [0.2, 0.25) is 5.91 Å². The topological polar surface area (TPSA) is 96.1 Å². The predicted octanol–water partition coefficient (Wildman–Crippen LogP) is -1.03. The molecule has 2 aliphatic rings. The molecule has 0 aromatic heterocycles. The molecule has 0 aromatic rings. The molecule has 0 aromatic carbocycles. The Morgan fingerprint density at radius 1 is 1.35 bits per heavy atom. The van der Waals surface area contributed by atoms with E-state index in [2.05, 4.69) is 4.90 Å². The molecule has 2 rings (SSSR count). The Bertz CT molecular complexity index is 382. The van der Waals surface area contributed by atoms with Gasteiger partial charge in [0.25, 0.3) is 0 Å². The number of nitrogens with two attached hydrogens (primary N) is 1. The first kappa shape index (κ1) is 15.2. The van der Waals surface area contributed by atoms with E-state index in [0.717, 1.165) is 0 Å². The second-order valence-electron chi connectivity index (χ2n) is 5.82. The van der Waals surface area contributed by atoms with Gasteiger partial charge >= 0.3 is 5.97 Å². The zero-order valence-electron chi connectivity index (χ0n) is 11.9. The van der Waals surface area contributed by atoms with Crippen molar-refractivity contribution in [1.29, 1.82) is 0 Å². The highest BCUT2D eigenvalue weighted by Crippen LogP contribution is 2.29. The van der Waals surface area contributed by atoms with Gasteiger partial charge in [0.15, 0.2) is 0 Å². The van der Waals surface area contributed by atoms with Crippen LogP contribution in [-0.2, 0) is 14.3 Å². The SMILES string of the molecule is CC1(C(=O)N2CCN(CCC(=O)O)CC2)COCC1N. The summed E-state index contributed by atoms with van der Waals surface area (Å²) < 4.78 is 5.32. The maximum Gasteiger partial charge on any atom is 0.304 e. The van der Waals surface area contributed by atoms with Crippen LogP contribution in [0.15, 0.2) is 0 Å². The molecule has 7 nitrogen and oxygen atoms in total. The smallest absolute Gasteiger partial charge is 0.304 e. The Balaban J connectivity index is 1.84. The molecule has 0 spiro atoms. The Hall–Kier alpha value is -1.18. The molecule has 7 heteroatoms. The number of carbonyl (C=O) groups is 2. The summed E-state index contributed by atoms with van der Waals surface area (Å²) in [5.41, 5.74) is 5.36. The van der Waals surface area contributed by atoms with E-state index in [0.29, 0.717) is 45.9 Å². The van der Waals surface area contributed by atoms with Gasteiger partial charge < -0.3 is 20.5 Å². The Kier molecular flexibility index (Phi) is 4.62. The molecule has 0 radical (unpaired) electrons. The van der Waals surface area contributed by atoms with E-state index in [-0.39, 0.29) is 18.4 Å². The first-order chi connectivity index (χ1) is 9.43. The van der Waals surface area contributed by atoms with Crippen molar-refractivity contribution in [3.05, 3.63) is 0 Å². The third-order valence-electron chi connectivity index (χ3n) is 4.31. The summed E-state index contributed by atoms with van der Waals surface area (Å²) in [5, 5.41) is 8.67. The minimum Gasteiger partial charge on any atom is -0.481 e. The monoisotopic (exact) mass is 285 g/mol.